The lowest BCUT2D eigenvalue weighted by Crippen LogP contribution is -2.32. The van der Waals surface area contributed by atoms with Crippen molar-refractivity contribution < 1.29 is 13.6 Å². The third kappa shape index (κ3) is 4.82. The van der Waals surface area contributed by atoms with Crippen LogP contribution in [-0.2, 0) is 17.8 Å². The van der Waals surface area contributed by atoms with Gasteiger partial charge in [-0.15, -0.1) is 0 Å². The smallest absolute Gasteiger partial charge is 0.226 e. The van der Waals surface area contributed by atoms with E-state index < -0.39 is 11.6 Å². The predicted octanol–water partition coefficient (Wildman–Crippen LogP) is 2.54. The Balaban J connectivity index is 1.44. The highest BCUT2D eigenvalue weighted by Gasteiger charge is 2.24. The highest BCUT2D eigenvalue weighted by atomic mass is 19.2. The van der Waals surface area contributed by atoms with Gasteiger partial charge < -0.3 is 5.32 Å². The Kier molecular flexibility index (Phi) is 5.71. The van der Waals surface area contributed by atoms with E-state index in [1.807, 2.05) is 18.2 Å². The number of benzene rings is 1. The fourth-order valence-electron chi connectivity index (χ4n) is 3.12. The first-order valence-corrected chi connectivity index (χ1v) is 8.43. The first kappa shape index (κ1) is 17.5. The largest absolute Gasteiger partial charge is 0.355 e. The Bertz CT molecular complexity index is 724. The Morgan fingerprint density at radius 3 is 2.92 bits per heavy atom. The van der Waals surface area contributed by atoms with Crippen LogP contribution < -0.4 is 5.32 Å². The second-order valence-corrected chi connectivity index (χ2v) is 6.40. The van der Waals surface area contributed by atoms with E-state index in [9.17, 15) is 13.6 Å². The van der Waals surface area contributed by atoms with E-state index in [-0.39, 0.29) is 12.3 Å². The van der Waals surface area contributed by atoms with Crippen molar-refractivity contribution in [1.82, 2.24) is 15.2 Å². The molecule has 3 rings (SSSR count). The van der Waals surface area contributed by atoms with Crippen LogP contribution in [0.25, 0.3) is 0 Å². The van der Waals surface area contributed by atoms with Crippen LogP contribution in [0.1, 0.15) is 17.7 Å². The van der Waals surface area contributed by atoms with Gasteiger partial charge in [0.1, 0.15) is 0 Å². The average molecular weight is 345 g/mol. The maximum Gasteiger partial charge on any atom is 0.226 e. The van der Waals surface area contributed by atoms with Gasteiger partial charge in [0.05, 0.1) is 6.42 Å². The summed E-state index contributed by atoms with van der Waals surface area (Å²) in [5, 5.41) is 2.94. The third-order valence-electron chi connectivity index (χ3n) is 4.45. The van der Waals surface area contributed by atoms with Crippen molar-refractivity contribution in [3.63, 3.8) is 0 Å². The number of carbonyl (C=O) groups excluding carboxylic acids is 1. The van der Waals surface area contributed by atoms with Crippen molar-refractivity contribution in [2.24, 2.45) is 5.92 Å². The molecular weight excluding hydrogens is 324 g/mol. The summed E-state index contributed by atoms with van der Waals surface area (Å²) in [7, 11) is 0. The molecule has 0 bridgehead atoms. The van der Waals surface area contributed by atoms with E-state index in [1.165, 1.54) is 6.07 Å². The zero-order valence-corrected chi connectivity index (χ0v) is 13.9. The van der Waals surface area contributed by atoms with Crippen molar-refractivity contribution in [3.05, 3.63) is 65.5 Å². The van der Waals surface area contributed by atoms with Crippen LogP contribution in [0.3, 0.4) is 0 Å². The first-order valence-electron chi connectivity index (χ1n) is 8.43. The molecule has 4 nitrogen and oxygen atoms in total. The Hall–Kier alpha value is -2.34. The van der Waals surface area contributed by atoms with Crippen LogP contribution in [0.5, 0.6) is 0 Å². The summed E-state index contributed by atoms with van der Waals surface area (Å²) in [6.45, 7) is 2.56. The van der Waals surface area contributed by atoms with E-state index in [0.717, 1.165) is 31.3 Å². The first-order chi connectivity index (χ1) is 12.1. The molecule has 0 aliphatic carbocycles. The maximum atomic E-state index is 13.7. The molecular formula is C19H21F2N3O. The Morgan fingerprint density at radius 2 is 2.12 bits per heavy atom. The number of halogens is 2. The summed E-state index contributed by atoms with van der Waals surface area (Å²) in [6, 6.07) is 9.76. The number of nitrogens with one attached hydrogen (secondary N) is 1. The summed E-state index contributed by atoms with van der Waals surface area (Å²) in [5.41, 5.74) is 1.12. The summed E-state index contributed by atoms with van der Waals surface area (Å²) in [4.78, 5) is 18.2. The number of likely N-dealkylation sites (tertiary alicyclic amines) is 1. The van der Waals surface area contributed by atoms with Gasteiger partial charge in [-0.2, -0.15) is 0 Å². The topological polar surface area (TPSA) is 45.2 Å². The zero-order chi connectivity index (χ0) is 17.6. The van der Waals surface area contributed by atoms with Crippen molar-refractivity contribution >= 4 is 5.91 Å². The molecule has 6 heteroatoms. The molecule has 25 heavy (non-hydrogen) atoms. The highest BCUT2D eigenvalue weighted by Crippen LogP contribution is 2.20. The molecule has 1 aliphatic heterocycles. The van der Waals surface area contributed by atoms with E-state index in [1.54, 1.807) is 12.3 Å². The van der Waals surface area contributed by atoms with Crippen LogP contribution in [0, 0.1) is 17.6 Å². The molecule has 1 saturated heterocycles. The molecule has 1 atom stereocenters. The van der Waals surface area contributed by atoms with Gasteiger partial charge in [0, 0.05) is 37.1 Å². The molecule has 1 aromatic carbocycles. The van der Waals surface area contributed by atoms with Gasteiger partial charge in [-0.05, 0) is 37.1 Å². The van der Waals surface area contributed by atoms with Gasteiger partial charge in [0.2, 0.25) is 5.91 Å². The molecule has 2 aromatic rings. The molecule has 1 aliphatic rings. The minimum absolute atomic E-state index is 0.0478. The monoisotopic (exact) mass is 345 g/mol. The average Bonchev–Trinajstić information content (AvgIpc) is 3.06. The quantitative estimate of drug-likeness (QED) is 0.875. The number of carbonyl (C=O) groups is 1. The number of hydrogen-bond acceptors (Lipinski definition) is 3. The minimum atomic E-state index is -0.810. The van der Waals surface area contributed by atoms with Crippen LogP contribution in [0.2, 0.25) is 0 Å². The second-order valence-electron chi connectivity index (χ2n) is 6.40. The van der Waals surface area contributed by atoms with Gasteiger partial charge in [0.25, 0.3) is 0 Å². The lowest BCUT2D eigenvalue weighted by molar-refractivity contribution is -0.120. The van der Waals surface area contributed by atoms with E-state index >= 15 is 0 Å². The summed E-state index contributed by atoms with van der Waals surface area (Å²) in [5.74, 6) is -1.30. The Labute approximate surface area is 145 Å². The molecule has 1 N–H and O–H groups in total. The lowest BCUT2D eigenvalue weighted by atomic mass is 10.1. The normalized spacial score (nSPS) is 17.6. The molecule has 132 valence electrons. The molecule has 0 spiro atoms. The van der Waals surface area contributed by atoms with Gasteiger partial charge in [-0.25, -0.2) is 8.78 Å². The zero-order valence-electron chi connectivity index (χ0n) is 13.9. The van der Waals surface area contributed by atoms with Crippen molar-refractivity contribution in [2.45, 2.75) is 19.4 Å². The molecule has 2 heterocycles. The number of pyridine rings is 1. The molecule has 1 aromatic heterocycles. The van der Waals surface area contributed by atoms with E-state index in [0.29, 0.717) is 24.6 Å². The summed E-state index contributed by atoms with van der Waals surface area (Å²) < 4.78 is 27.0. The molecule has 0 radical (unpaired) electrons. The lowest BCUT2D eigenvalue weighted by Gasteiger charge is -2.17. The van der Waals surface area contributed by atoms with E-state index in [2.05, 4.69) is 15.2 Å². The van der Waals surface area contributed by atoms with Crippen molar-refractivity contribution in [2.75, 3.05) is 19.6 Å². The molecule has 0 saturated carbocycles. The maximum absolute atomic E-state index is 13.7. The van der Waals surface area contributed by atoms with Gasteiger partial charge in [-0.3, -0.25) is 14.7 Å². The number of amides is 1. The summed E-state index contributed by atoms with van der Waals surface area (Å²) in [6.07, 6.45) is 2.87. The summed E-state index contributed by atoms with van der Waals surface area (Å²) >= 11 is 0. The van der Waals surface area contributed by atoms with Gasteiger partial charge >= 0.3 is 0 Å². The van der Waals surface area contributed by atoms with E-state index in [4.69, 9.17) is 0 Å². The molecule has 1 amide bonds. The fraction of sp³-hybridized carbons (Fsp3) is 0.368. The molecule has 0 unspecified atom stereocenters. The van der Waals surface area contributed by atoms with Crippen molar-refractivity contribution in [1.29, 1.82) is 0 Å². The minimum Gasteiger partial charge on any atom is -0.355 e. The number of aromatic nitrogens is 1. The van der Waals surface area contributed by atoms with Crippen LogP contribution in [0.15, 0.2) is 42.6 Å². The van der Waals surface area contributed by atoms with Crippen molar-refractivity contribution in [3.8, 4) is 0 Å². The molecule has 1 fully saturated rings. The van der Waals surface area contributed by atoms with Gasteiger partial charge in [0.15, 0.2) is 11.6 Å². The standard InChI is InChI=1S/C19H21F2N3O/c20-17-6-3-4-15(19(17)21)13-24-9-7-14(12-24)11-23-18(25)10-16-5-1-2-8-22-16/h1-6,8,14H,7,9-13H2,(H,23,25)/t14-/m0/s1. The highest BCUT2D eigenvalue weighted by molar-refractivity contribution is 5.78. The Morgan fingerprint density at radius 1 is 1.24 bits per heavy atom. The van der Waals surface area contributed by atoms with Gasteiger partial charge in [-0.1, -0.05) is 18.2 Å². The second kappa shape index (κ2) is 8.16. The SMILES string of the molecule is O=C(Cc1ccccn1)NC[C@@H]1CCN(Cc2cccc(F)c2F)C1. The van der Waals surface area contributed by atoms with Crippen LogP contribution in [0.4, 0.5) is 8.78 Å². The number of hydrogen-bond donors (Lipinski definition) is 1. The number of rotatable bonds is 6. The number of nitrogens with zero attached hydrogens (tertiary/aromatic N) is 2. The predicted molar refractivity (Wildman–Crippen MR) is 90.7 cm³/mol. The van der Waals surface area contributed by atoms with Crippen LogP contribution >= 0.6 is 0 Å². The third-order valence-corrected chi connectivity index (χ3v) is 4.45. The fourth-order valence-corrected chi connectivity index (χ4v) is 3.12. The van der Waals surface area contributed by atoms with Crippen LogP contribution in [-0.4, -0.2) is 35.4 Å².